The molecule has 108 valence electrons. The third-order valence-corrected chi connectivity index (χ3v) is 3.38. The Morgan fingerprint density at radius 3 is 2.95 bits per heavy atom. The predicted molar refractivity (Wildman–Crippen MR) is 81.6 cm³/mol. The molecule has 7 nitrogen and oxygen atoms in total. The number of hydrazine groups is 1. The highest BCUT2D eigenvalue weighted by Gasteiger charge is 2.09. The number of rotatable bonds is 6. The Balaban J connectivity index is 2.05. The second-order valence-corrected chi connectivity index (χ2v) is 5.63. The van der Waals surface area contributed by atoms with E-state index in [-0.39, 0.29) is 12.5 Å². The largest absolute Gasteiger partial charge is 0.360 e. The summed E-state index contributed by atoms with van der Waals surface area (Å²) in [5.41, 5.74) is 2.42. The highest BCUT2D eigenvalue weighted by molar-refractivity contribution is 7.16. The Bertz CT molecular complexity index is 597. The minimum absolute atomic E-state index is 0.0667. The lowest BCUT2D eigenvalue weighted by molar-refractivity contribution is -0.119. The first-order valence-electron chi connectivity index (χ1n) is 6.32. The van der Waals surface area contributed by atoms with Gasteiger partial charge in [-0.15, -0.1) is 11.3 Å². The third-order valence-electron chi connectivity index (χ3n) is 2.58. The van der Waals surface area contributed by atoms with Crippen molar-refractivity contribution in [3.05, 3.63) is 11.4 Å². The van der Waals surface area contributed by atoms with Crippen molar-refractivity contribution in [1.82, 2.24) is 15.3 Å². The smallest absolute Gasteiger partial charge is 0.240 e. The quantitative estimate of drug-likeness (QED) is 0.471. The van der Waals surface area contributed by atoms with Crippen LogP contribution in [-0.4, -0.2) is 29.0 Å². The maximum absolute atomic E-state index is 11.7. The SMILES string of the molecule is CC(C)CNC(=O)CNc1nc(NN)nc2sccc12. The van der Waals surface area contributed by atoms with Crippen LogP contribution in [0, 0.1) is 5.92 Å². The minimum Gasteiger partial charge on any atom is -0.360 e. The molecule has 0 aliphatic carbocycles. The summed E-state index contributed by atoms with van der Waals surface area (Å²) in [7, 11) is 0. The molecular weight excluding hydrogens is 276 g/mol. The van der Waals surface area contributed by atoms with E-state index >= 15 is 0 Å². The fourth-order valence-corrected chi connectivity index (χ4v) is 2.36. The van der Waals surface area contributed by atoms with Crippen molar-refractivity contribution in [2.24, 2.45) is 11.8 Å². The number of hydrogen-bond donors (Lipinski definition) is 4. The van der Waals surface area contributed by atoms with Crippen LogP contribution in [-0.2, 0) is 4.79 Å². The van der Waals surface area contributed by atoms with Gasteiger partial charge in [0.2, 0.25) is 11.9 Å². The fraction of sp³-hybridized carbons (Fsp3) is 0.417. The van der Waals surface area contributed by atoms with Crippen LogP contribution in [0.1, 0.15) is 13.8 Å². The number of thiophene rings is 1. The zero-order chi connectivity index (χ0) is 14.5. The molecule has 2 heterocycles. The maximum atomic E-state index is 11.7. The fourth-order valence-electron chi connectivity index (χ4n) is 1.60. The van der Waals surface area contributed by atoms with Gasteiger partial charge in [0.15, 0.2) is 0 Å². The van der Waals surface area contributed by atoms with Crippen LogP contribution >= 0.6 is 11.3 Å². The van der Waals surface area contributed by atoms with E-state index in [1.165, 1.54) is 11.3 Å². The van der Waals surface area contributed by atoms with Crippen molar-refractivity contribution in [2.75, 3.05) is 23.8 Å². The van der Waals surface area contributed by atoms with Gasteiger partial charge in [0.25, 0.3) is 0 Å². The van der Waals surface area contributed by atoms with Crippen LogP contribution in [0.2, 0.25) is 0 Å². The second kappa shape index (κ2) is 6.49. The van der Waals surface area contributed by atoms with Crippen molar-refractivity contribution in [3.8, 4) is 0 Å². The summed E-state index contributed by atoms with van der Waals surface area (Å²) in [6, 6.07) is 1.91. The summed E-state index contributed by atoms with van der Waals surface area (Å²) >= 11 is 1.49. The number of nitrogens with two attached hydrogens (primary N) is 1. The Morgan fingerprint density at radius 1 is 1.45 bits per heavy atom. The molecule has 0 fully saturated rings. The summed E-state index contributed by atoms with van der Waals surface area (Å²) in [4.78, 5) is 21.0. The van der Waals surface area contributed by atoms with Crippen LogP contribution in [0.3, 0.4) is 0 Å². The third kappa shape index (κ3) is 3.55. The van der Waals surface area contributed by atoms with Gasteiger partial charge in [0.1, 0.15) is 10.6 Å². The lowest BCUT2D eigenvalue weighted by Crippen LogP contribution is -2.32. The van der Waals surface area contributed by atoms with Gasteiger partial charge in [0, 0.05) is 6.54 Å². The van der Waals surface area contributed by atoms with Gasteiger partial charge < -0.3 is 10.6 Å². The molecule has 0 saturated carbocycles. The zero-order valence-electron chi connectivity index (χ0n) is 11.4. The average molecular weight is 294 g/mol. The normalized spacial score (nSPS) is 10.8. The monoisotopic (exact) mass is 294 g/mol. The summed E-state index contributed by atoms with van der Waals surface area (Å²) in [5, 5.41) is 8.66. The standard InChI is InChI=1S/C12H18N6OS/c1-7(2)5-14-9(19)6-15-10-8-3-4-20-11(8)17-12(16-10)18-13/h3-4,7H,5-6,13H2,1-2H3,(H,14,19)(H2,15,16,17,18). The molecule has 0 aromatic carbocycles. The van der Waals surface area contributed by atoms with Gasteiger partial charge in [-0.05, 0) is 17.4 Å². The van der Waals surface area contributed by atoms with Gasteiger partial charge in [0.05, 0.1) is 11.9 Å². The molecular formula is C12H18N6OS. The molecule has 1 amide bonds. The summed E-state index contributed by atoms with van der Waals surface area (Å²) in [5.74, 6) is 6.62. The van der Waals surface area contributed by atoms with Gasteiger partial charge in [-0.3, -0.25) is 10.2 Å². The van der Waals surface area contributed by atoms with Crippen LogP contribution < -0.4 is 21.9 Å². The predicted octanol–water partition coefficient (Wildman–Crippen LogP) is 1.16. The molecule has 0 aliphatic heterocycles. The molecule has 0 radical (unpaired) electrons. The Labute approximate surface area is 121 Å². The van der Waals surface area contributed by atoms with Gasteiger partial charge in [-0.1, -0.05) is 13.8 Å². The van der Waals surface area contributed by atoms with E-state index in [0.717, 1.165) is 10.2 Å². The number of hydrogen-bond acceptors (Lipinski definition) is 7. The highest BCUT2D eigenvalue weighted by atomic mass is 32.1. The number of aromatic nitrogens is 2. The van der Waals surface area contributed by atoms with Crippen molar-refractivity contribution < 1.29 is 4.79 Å². The molecule has 2 aromatic heterocycles. The van der Waals surface area contributed by atoms with E-state index in [4.69, 9.17) is 5.84 Å². The number of fused-ring (bicyclic) bond motifs is 1. The Morgan fingerprint density at radius 2 is 2.25 bits per heavy atom. The van der Waals surface area contributed by atoms with E-state index in [1.54, 1.807) is 0 Å². The molecule has 0 spiro atoms. The molecule has 5 N–H and O–H groups in total. The number of anilines is 2. The molecule has 0 bridgehead atoms. The van der Waals surface area contributed by atoms with E-state index < -0.39 is 0 Å². The van der Waals surface area contributed by atoms with Crippen LogP contribution in [0.15, 0.2) is 11.4 Å². The second-order valence-electron chi connectivity index (χ2n) is 4.73. The first-order chi connectivity index (χ1) is 9.60. The first-order valence-corrected chi connectivity index (χ1v) is 7.20. The molecule has 20 heavy (non-hydrogen) atoms. The van der Waals surface area contributed by atoms with Gasteiger partial charge in [-0.25, -0.2) is 10.8 Å². The van der Waals surface area contributed by atoms with Crippen LogP contribution in [0.25, 0.3) is 10.2 Å². The number of carbonyl (C=O) groups excluding carboxylic acids is 1. The van der Waals surface area contributed by atoms with E-state index in [2.05, 4.69) is 26.0 Å². The molecule has 2 rings (SSSR count). The van der Waals surface area contributed by atoms with Gasteiger partial charge >= 0.3 is 0 Å². The first kappa shape index (κ1) is 14.5. The molecule has 0 unspecified atom stereocenters. The topological polar surface area (TPSA) is 105 Å². The van der Waals surface area contributed by atoms with E-state index in [9.17, 15) is 4.79 Å². The number of carbonyl (C=O) groups is 1. The summed E-state index contributed by atoms with van der Waals surface area (Å²) in [6.45, 7) is 4.92. The van der Waals surface area contributed by atoms with Gasteiger partial charge in [-0.2, -0.15) is 4.98 Å². The van der Waals surface area contributed by atoms with Crippen molar-refractivity contribution >= 4 is 39.2 Å². The number of amides is 1. The number of nitrogens with one attached hydrogen (secondary N) is 3. The lowest BCUT2D eigenvalue weighted by atomic mass is 10.2. The number of nitrogens with zero attached hydrogens (tertiary/aromatic N) is 2. The van der Waals surface area contributed by atoms with Crippen LogP contribution in [0.5, 0.6) is 0 Å². The molecule has 0 saturated heterocycles. The highest BCUT2D eigenvalue weighted by Crippen LogP contribution is 2.25. The summed E-state index contributed by atoms with van der Waals surface area (Å²) in [6.07, 6.45) is 0. The number of nitrogen functional groups attached to an aromatic ring is 1. The lowest BCUT2D eigenvalue weighted by Gasteiger charge is -2.10. The molecule has 8 heteroatoms. The molecule has 0 atom stereocenters. The average Bonchev–Trinajstić information content (AvgIpc) is 2.90. The maximum Gasteiger partial charge on any atom is 0.240 e. The summed E-state index contributed by atoms with van der Waals surface area (Å²) < 4.78 is 0. The van der Waals surface area contributed by atoms with Crippen LogP contribution in [0.4, 0.5) is 11.8 Å². The molecule has 0 aliphatic rings. The van der Waals surface area contributed by atoms with Crippen molar-refractivity contribution in [1.29, 1.82) is 0 Å². The Hall–Kier alpha value is -1.93. The van der Waals surface area contributed by atoms with Crippen molar-refractivity contribution in [2.45, 2.75) is 13.8 Å². The van der Waals surface area contributed by atoms with Crippen molar-refractivity contribution in [3.63, 3.8) is 0 Å². The van der Waals surface area contributed by atoms with E-state index in [1.807, 2.05) is 25.3 Å². The zero-order valence-corrected chi connectivity index (χ0v) is 12.3. The Kier molecular flexibility index (Phi) is 4.70. The molecule has 2 aromatic rings. The minimum atomic E-state index is -0.0667. The van der Waals surface area contributed by atoms with E-state index in [0.29, 0.717) is 24.2 Å².